The van der Waals surface area contributed by atoms with Crippen LogP contribution in [0.4, 0.5) is 5.69 Å². The molecule has 2 N–H and O–H groups in total. The average molecular weight is 301 g/mol. The number of anilines is 1. The maximum atomic E-state index is 12.2. The van der Waals surface area contributed by atoms with Crippen molar-refractivity contribution < 1.29 is 14.7 Å². The molecule has 1 rings (SSSR count). The molecule has 118 valence electrons. The fourth-order valence-electron chi connectivity index (χ4n) is 2.12. The van der Waals surface area contributed by atoms with E-state index in [1.807, 2.05) is 12.1 Å². The quantitative estimate of drug-likeness (QED) is 0.684. The molecule has 0 aromatic heterocycles. The first kappa shape index (κ1) is 17.7. The summed E-state index contributed by atoms with van der Waals surface area (Å²) in [5.41, 5.74) is 1.64. The molecule has 0 heterocycles. The molecule has 0 spiro atoms. The molecule has 4 heteroatoms. The molecule has 0 aliphatic carbocycles. The summed E-state index contributed by atoms with van der Waals surface area (Å²) in [5.74, 6) is -1.47. The lowest BCUT2D eigenvalue weighted by molar-refractivity contribution is -0.141. The summed E-state index contributed by atoms with van der Waals surface area (Å²) in [6, 6.07) is 7.26. The van der Waals surface area contributed by atoms with Gasteiger partial charge in [-0.3, -0.25) is 9.59 Å². The van der Waals surface area contributed by atoms with Crippen molar-refractivity contribution in [2.75, 3.05) is 5.32 Å². The van der Waals surface area contributed by atoms with Gasteiger partial charge in [0.25, 0.3) is 0 Å². The predicted octanol–water partition coefficient (Wildman–Crippen LogP) is 3.66. The van der Waals surface area contributed by atoms with Gasteiger partial charge in [-0.1, -0.05) is 31.2 Å². The molecule has 1 atom stereocenters. The van der Waals surface area contributed by atoms with Gasteiger partial charge in [0, 0.05) is 11.6 Å². The van der Waals surface area contributed by atoms with Crippen molar-refractivity contribution >= 4 is 17.6 Å². The maximum absolute atomic E-state index is 12.2. The molecule has 0 radical (unpaired) electrons. The summed E-state index contributed by atoms with van der Waals surface area (Å²) in [5, 5.41) is 11.8. The van der Waals surface area contributed by atoms with Gasteiger partial charge in [0.2, 0.25) is 5.91 Å². The zero-order valence-corrected chi connectivity index (χ0v) is 12.9. The summed E-state index contributed by atoms with van der Waals surface area (Å²) in [4.78, 5) is 23.0. The SMILES string of the molecule is C=CCC(CC=C)C(=O)Nc1ccc(CC(C)C(=O)O)cc1. The summed E-state index contributed by atoms with van der Waals surface area (Å²) in [6.07, 6.45) is 5.13. The number of amides is 1. The highest BCUT2D eigenvalue weighted by molar-refractivity contribution is 5.92. The molecule has 0 aliphatic heterocycles. The first-order valence-electron chi connectivity index (χ1n) is 7.32. The van der Waals surface area contributed by atoms with Gasteiger partial charge < -0.3 is 10.4 Å². The Morgan fingerprint density at radius 2 is 1.73 bits per heavy atom. The van der Waals surface area contributed by atoms with Crippen LogP contribution < -0.4 is 5.32 Å². The van der Waals surface area contributed by atoms with Crippen molar-refractivity contribution in [2.45, 2.75) is 26.2 Å². The largest absolute Gasteiger partial charge is 0.481 e. The van der Waals surface area contributed by atoms with E-state index in [0.717, 1.165) is 5.56 Å². The van der Waals surface area contributed by atoms with E-state index in [2.05, 4.69) is 18.5 Å². The lowest BCUT2D eigenvalue weighted by Gasteiger charge is -2.14. The highest BCUT2D eigenvalue weighted by atomic mass is 16.4. The second-order valence-electron chi connectivity index (χ2n) is 5.38. The van der Waals surface area contributed by atoms with Crippen molar-refractivity contribution in [1.29, 1.82) is 0 Å². The van der Waals surface area contributed by atoms with Crippen molar-refractivity contribution in [3.8, 4) is 0 Å². The number of nitrogens with one attached hydrogen (secondary N) is 1. The number of benzene rings is 1. The van der Waals surface area contributed by atoms with Gasteiger partial charge in [0.15, 0.2) is 0 Å². The summed E-state index contributed by atoms with van der Waals surface area (Å²) >= 11 is 0. The van der Waals surface area contributed by atoms with Gasteiger partial charge in [0.05, 0.1) is 5.92 Å². The smallest absolute Gasteiger partial charge is 0.306 e. The van der Waals surface area contributed by atoms with E-state index in [9.17, 15) is 9.59 Å². The Balaban J connectivity index is 2.66. The van der Waals surface area contributed by atoms with E-state index in [-0.39, 0.29) is 11.8 Å². The van der Waals surface area contributed by atoms with Crippen LogP contribution in [-0.4, -0.2) is 17.0 Å². The van der Waals surface area contributed by atoms with Gasteiger partial charge >= 0.3 is 5.97 Å². The number of allylic oxidation sites excluding steroid dienone is 2. The van der Waals surface area contributed by atoms with Crippen molar-refractivity contribution in [3.63, 3.8) is 0 Å². The van der Waals surface area contributed by atoms with Gasteiger partial charge in [0.1, 0.15) is 0 Å². The Morgan fingerprint density at radius 1 is 1.18 bits per heavy atom. The molecule has 4 nitrogen and oxygen atoms in total. The average Bonchev–Trinajstić information content (AvgIpc) is 2.48. The number of hydrogen-bond acceptors (Lipinski definition) is 2. The van der Waals surface area contributed by atoms with Crippen molar-refractivity contribution in [2.24, 2.45) is 11.8 Å². The van der Waals surface area contributed by atoms with E-state index in [0.29, 0.717) is 24.9 Å². The number of aliphatic carboxylic acids is 1. The van der Waals surface area contributed by atoms with Gasteiger partial charge in [-0.15, -0.1) is 13.2 Å². The third kappa shape index (κ3) is 5.56. The Hall–Kier alpha value is -2.36. The van der Waals surface area contributed by atoms with Crippen LogP contribution in [0.2, 0.25) is 0 Å². The van der Waals surface area contributed by atoms with Crippen LogP contribution in [0.1, 0.15) is 25.3 Å². The second-order valence-corrected chi connectivity index (χ2v) is 5.38. The summed E-state index contributed by atoms with van der Waals surface area (Å²) in [6.45, 7) is 9.00. The Bertz CT molecular complexity index is 524. The number of carbonyl (C=O) groups is 2. The highest BCUT2D eigenvalue weighted by Crippen LogP contribution is 2.17. The standard InChI is InChI=1S/C18H23NO3/c1-4-6-15(7-5-2)17(20)19-16-10-8-14(9-11-16)12-13(3)18(21)22/h4-5,8-11,13,15H,1-2,6-7,12H2,3H3,(H,19,20)(H,21,22). The monoisotopic (exact) mass is 301 g/mol. The van der Waals surface area contributed by atoms with Gasteiger partial charge in [-0.2, -0.15) is 0 Å². The van der Waals surface area contributed by atoms with Gasteiger partial charge in [-0.25, -0.2) is 0 Å². The third-order valence-corrected chi connectivity index (χ3v) is 3.46. The number of hydrogen-bond donors (Lipinski definition) is 2. The Labute approximate surface area is 131 Å². The van der Waals surface area contributed by atoms with Crippen molar-refractivity contribution in [3.05, 3.63) is 55.1 Å². The van der Waals surface area contributed by atoms with Gasteiger partial charge in [-0.05, 0) is 37.0 Å². The zero-order chi connectivity index (χ0) is 16.5. The number of carbonyl (C=O) groups excluding carboxylic acids is 1. The van der Waals surface area contributed by atoms with Crippen LogP contribution in [0, 0.1) is 11.8 Å². The van der Waals surface area contributed by atoms with Crippen LogP contribution in [0.25, 0.3) is 0 Å². The molecule has 0 aliphatic rings. The normalized spacial score (nSPS) is 11.7. The number of carboxylic acid groups (broad SMARTS) is 1. The van der Waals surface area contributed by atoms with Crippen LogP contribution in [0.3, 0.4) is 0 Å². The maximum Gasteiger partial charge on any atom is 0.306 e. The zero-order valence-electron chi connectivity index (χ0n) is 12.9. The van der Waals surface area contributed by atoms with Crippen molar-refractivity contribution in [1.82, 2.24) is 0 Å². The fourth-order valence-corrected chi connectivity index (χ4v) is 2.12. The van der Waals surface area contributed by atoms with Crippen LogP contribution >= 0.6 is 0 Å². The van der Waals surface area contributed by atoms with E-state index in [1.165, 1.54) is 0 Å². The molecule has 0 bridgehead atoms. The fraction of sp³-hybridized carbons (Fsp3) is 0.333. The first-order chi connectivity index (χ1) is 10.5. The Morgan fingerprint density at radius 3 is 2.18 bits per heavy atom. The summed E-state index contributed by atoms with van der Waals surface area (Å²) < 4.78 is 0. The topological polar surface area (TPSA) is 66.4 Å². The molecule has 22 heavy (non-hydrogen) atoms. The van der Waals surface area contributed by atoms with E-state index < -0.39 is 11.9 Å². The summed E-state index contributed by atoms with van der Waals surface area (Å²) in [7, 11) is 0. The molecule has 0 saturated carbocycles. The molecular weight excluding hydrogens is 278 g/mol. The predicted molar refractivity (Wildman–Crippen MR) is 88.7 cm³/mol. The Kier molecular flexibility index (Phi) is 7.09. The third-order valence-electron chi connectivity index (χ3n) is 3.46. The second kappa shape index (κ2) is 8.82. The van der Waals surface area contributed by atoms with Crippen LogP contribution in [-0.2, 0) is 16.0 Å². The highest BCUT2D eigenvalue weighted by Gasteiger charge is 2.16. The first-order valence-corrected chi connectivity index (χ1v) is 7.32. The minimum absolute atomic E-state index is 0.0635. The molecule has 1 amide bonds. The molecule has 1 unspecified atom stereocenters. The minimum Gasteiger partial charge on any atom is -0.481 e. The van der Waals surface area contributed by atoms with E-state index in [1.54, 1.807) is 31.2 Å². The lowest BCUT2D eigenvalue weighted by atomic mass is 9.99. The number of carboxylic acids is 1. The lowest BCUT2D eigenvalue weighted by Crippen LogP contribution is -2.22. The van der Waals surface area contributed by atoms with Crippen LogP contribution in [0.15, 0.2) is 49.6 Å². The molecular formula is C18H23NO3. The van der Waals surface area contributed by atoms with E-state index >= 15 is 0 Å². The minimum atomic E-state index is -0.811. The molecule has 0 saturated heterocycles. The number of rotatable bonds is 9. The van der Waals surface area contributed by atoms with Crippen LogP contribution in [0.5, 0.6) is 0 Å². The molecule has 0 fully saturated rings. The van der Waals surface area contributed by atoms with E-state index in [4.69, 9.17) is 5.11 Å². The molecule has 1 aromatic rings. The molecule has 1 aromatic carbocycles.